The van der Waals surface area contributed by atoms with Gasteiger partial charge in [0.15, 0.2) is 19.1 Å². The summed E-state index contributed by atoms with van der Waals surface area (Å²) in [6.45, 7) is 16.5. The second kappa shape index (κ2) is 32.3. The molecule has 1 aromatic heterocycles. The molecule has 16 nitrogen and oxygen atoms in total. The Hall–Kier alpha value is -4.45. The Morgan fingerprint density at radius 3 is 2.23 bits per heavy atom. The number of carbonyl (C=O) groups excluding carboxylic acids is 6. The predicted octanol–water partition coefficient (Wildman–Crippen LogP) is 5.43. The molecule has 5 atom stereocenters. The summed E-state index contributed by atoms with van der Waals surface area (Å²) in [5, 5.41) is 16.7. The summed E-state index contributed by atoms with van der Waals surface area (Å²) >= 11 is 1.18. The van der Waals surface area contributed by atoms with Crippen molar-refractivity contribution in [2.45, 2.75) is 131 Å². The fourth-order valence-corrected chi connectivity index (χ4v) is 6.41. The monoisotopic (exact) mass is 864 g/mol. The highest BCUT2D eigenvalue weighted by Crippen LogP contribution is 2.26. The summed E-state index contributed by atoms with van der Waals surface area (Å²) in [6, 6.07) is 5.96. The Labute approximate surface area is 361 Å². The van der Waals surface area contributed by atoms with Crippen LogP contribution in [0.25, 0.3) is 0 Å². The van der Waals surface area contributed by atoms with Gasteiger partial charge in [0.2, 0.25) is 17.7 Å². The van der Waals surface area contributed by atoms with E-state index >= 15 is 0 Å². The topological polar surface area (TPSA) is 223 Å². The first-order chi connectivity index (χ1) is 28.5. The number of piperidine rings is 1. The van der Waals surface area contributed by atoms with Crippen molar-refractivity contribution in [2.24, 2.45) is 17.7 Å². The van der Waals surface area contributed by atoms with Crippen LogP contribution in [0.3, 0.4) is 0 Å². The van der Waals surface area contributed by atoms with Crippen LogP contribution >= 0.6 is 11.3 Å². The lowest BCUT2D eigenvalue weighted by Crippen LogP contribution is -2.57. The van der Waals surface area contributed by atoms with E-state index in [1.807, 2.05) is 65.7 Å². The van der Waals surface area contributed by atoms with Gasteiger partial charge in [0.25, 0.3) is 0 Å². The molecule has 3 amide bonds. The molecule has 17 heteroatoms. The third-order valence-corrected chi connectivity index (χ3v) is 10.3. The number of carbonyl (C=O) groups is 6. The standard InChI is InChI=1S/C27H42N4O7S.C7H8O.C6H15N3O.C3H8/c1-6-10-23(34)37-17-31(14-12-22(38-19(4)33)26-28-20(15-32)16-39-26)27(36)24(18(3)7-2)29-25(35)21-11-8-9-13-30(21)5;1-6-2-4-7(8)5-3-6;1-5(3-4-8-2)6(10)9-7;1-3-2/h15-16,18,21-22,24H,6-14,17H2,1-5H3,(H,29,35);2-5,8H,1H3;5,8H,3-4,7H2,1-2H3,(H,9,10);3H2,1-2H3/t18?,21?,22-,24?;;;/m1.../s1. The van der Waals surface area contributed by atoms with Gasteiger partial charge >= 0.3 is 11.9 Å². The van der Waals surface area contributed by atoms with Crippen LogP contribution in [0.1, 0.15) is 133 Å². The Kier molecular flexibility index (Phi) is 29.9. The van der Waals surface area contributed by atoms with E-state index in [0.29, 0.717) is 29.9 Å². The van der Waals surface area contributed by atoms with Crippen LogP contribution < -0.4 is 21.9 Å². The van der Waals surface area contributed by atoms with E-state index in [1.54, 1.807) is 17.5 Å². The van der Waals surface area contributed by atoms with E-state index in [-0.39, 0.29) is 67.4 Å². The zero-order chi connectivity index (χ0) is 45.6. The van der Waals surface area contributed by atoms with Gasteiger partial charge in [-0.2, -0.15) is 0 Å². The number of aryl methyl sites for hydroxylation is 1. The smallest absolute Gasteiger partial charge is 0.307 e. The van der Waals surface area contributed by atoms with Crippen molar-refractivity contribution in [1.29, 1.82) is 0 Å². The van der Waals surface area contributed by atoms with Crippen LogP contribution in [0.15, 0.2) is 29.6 Å². The van der Waals surface area contributed by atoms with E-state index in [9.17, 15) is 28.8 Å². The van der Waals surface area contributed by atoms with Crippen LogP contribution in [0, 0.1) is 18.8 Å². The van der Waals surface area contributed by atoms with Gasteiger partial charge in [-0.25, -0.2) is 10.8 Å². The van der Waals surface area contributed by atoms with E-state index in [2.05, 4.69) is 34.9 Å². The van der Waals surface area contributed by atoms with Gasteiger partial charge in [-0.15, -0.1) is 11.3 Å². The maximum atomic E-state index is 13.9. The molecular weight excluding hydrogens is 791 g/mol. The summed E-state index contributed by atoms with van der Waals surface area (Å²) in [6.07, 6.45) is 6.20. The fraction of sp³-hybridized carbons (Fsp3) is 0.651. The number of hydrazine groups is 1. The molecule has 3 rings (SSSR count). The van der Waals surface area contributed by atoms with Crippen molar-refractivity contribution in [3.05, 3.63) is 45.9 Å². The third-order valence-electron chi connectivity index (χ3n) is 9.35. The average Bonchev–Trinajstić information content (AvgIpc) is 3.72. The summed E-state index contributed by atoms with van der Waals surface area (Å²) < 4.78 is 10.8. The molecule has 0 spiro atoms. The third kappa shape index (κ3) is 22.8. The second-order valence-electron chi connectivity index (χ2n) is 14.8. The number of thiazole rings is 1. The largest absolute Gasteiger partial charge is 0.508 e. The van der Waals surface area contributed by atoms with Gasteiger partial charge in [-0.3, -0.25) is 39.1 Å². The predicted molar refractivity (Wildman–Crippen MR) is 235 cm³/mol. The highest BCUT2D eigenvalue weighted by atomic mass is 32.1. The molecule has 4 unspecified atom stereocenters. The molecule has 340 valence electrons. The van der Waals surface area contributed by atoms with Crippen molar-refractivity contribution in [3.8, 4) is 5.75 Å². The van der Waals surface area contributed by atoms with Crippen LogP contribution in [-0.4, -0.2) is 108 Å². The molecule has 0 aliphatic carbocycles. The highest BCUT2D eigenvalue weighted by Gasteiger charge is 2.35. The van der Waals surface area contributed by atoms with Gasteiger partial charge in [-0.1, -0.05) is 78.5 Å². The number of aldehydes is 1. The highest BCUT2D eigenvalue weighted by molar-refractivity contribution is 7.09. The number of likely N-dealkylation sites (N-methyl/N-ethyl adjacent to an activating group) is 1. The molecule has 0 bridgehead atoms. The molecule has 6 N–H and O–H groups in total. The van der Waals surface area contributed by atoms with E-state index in [1.165, 1.54) is 35.1 Å². The number of amides is 3. The molecule has 0 saturated carbocycles. The molecule has 1 fully saturated rings. The van der Waals surface area contributed by atoms with Crippen molar-refractivity contribution in [1.82, 2.24) is 30.8 Å². The lowest BCUT2D eigenvalue weighted by atomic mass is 9.96. The first kappa shape index (κ1) is 55.5. The number of nitrogens with one attached hydrogen (secondary N) is 3. The van der Waals surface area contributed by atoms with E-state index in [0.717, 1.165) is 38.8 Å². The number of nitrogens with two attached hydrogens (primary N) is 1. The van der Waals surface area contributed by atoms with Crippen LogP contribution in [0.5, 0.6) is 5.75 Å². The maximum Gasteiger partial charge on any atom is 0.307 e. The minimum Gasteiger partial charge on any atom is -0.508 e. The fourth-order valence-electron chi connectivity index (χ4n) is 5.59. The molecule has 1 aliphatic heterocycles. The van der Waals surface area contributed by atoms with Gasteiger partial charge in [-0.05, 0) is 77.8 Å². The summed E-state index contributed by atoms with van der Waals surface area (Å²) in [5.41, 5.74) is 3.50. The van der Waals surface area contributed by atoms with Gasteiger partial charge in [0.05, 0.1) is 6.04 Å². The number of rotatable bonds is 19. The average molecular weight is 864 g/mol. The number of aromatic nitrogens is 1. The number of phenolic OH excluding ortho intramolecular Hbond substituents is 1. The number of hydrogen-bond acceptors (Lipinski definition) is 14. The minimum absolute atomic E-state index is 0.00236. The van der Waals surface area contributed by atoms with Crippen LogP contribution in [0.2, 0.25) is 0 Å². The molecule has 60 heavy (non-hydrogen) atoms. The number of likely N-dealkylation sites (tertiary alicyclic amines) is 1. The first-order valence-corrected chi connectivity index (χ1v) is 21.8. The number of nitrogens with zero attached hydrogens (tertiary/aromatic N) is 3. The Bertz CT molecular complexity index is 1520. The first-order valence-electron chi connectivity index (χ1n) is 21.0. The molecule has 2 heterocycles. The quantitative estimate of drug-likeness (QED) is 0.0297. The number of phenols is 1. The number of hydrogen-bond donors (Lipinski definition) is 5. The molecule has 2 aromatic rings. The Balaban J connectivity index is 0.00000134. The summed E-state index contributed by atoms with van der Waals surface area (Å²) in [5.74, 6) is 3.43. The van der Waals surface area contributed by atoms with E-state index in [4.69, 9.17) is 20.4 Å². The van der Waals surface area contributed by atoms with Crippen LogP contribution in [0.4, 0.5) is 0 Å². The summed E-state index contributed by atoms with van der Waals surface area (Å²) in [7, 11) is 3.76. The molecule has 0 radical (unpaired) electrons. The molecule has 1 aliphatic rings. The number of ether oxygens (including phenoxy) is 2. The molecule has 1 saturated heterocycles. The minimum atomic E-state index is -0.823. The van der Waals surface area contributed by atoms with Crippen molar-refractivity contribution in [3.63, 3.8) is 0 Å². The number of aromatic hydroxyl groups is 1. The lowest BCUT2D eigenvalue weighted by Gasteiger charge is -2.35. The number of esters is 2. The van der Waals surface area contributed by atoms with Crippen LogP contribution in [-0.2, 0) is 33.4 Å². The zero-order valence-electron chi connectivity index (χ0n) is 37.6. The zero-order valence-corrected chi connectivity index (χ0v) is 38.4. The van der Waals surface area contributed by atoms with Crippen molar-refractivity contribution in [2.75, 3.05) is 40.5 Å². The normalized spacial score (nSPS) is 15.3. The van der Waals surface area contributed by atoms with Crippen molar-refractivity contribution < 1.29 is 43.3 Å². The summed E-state index contributed by atoms with van der Waals surface area (Å²) in [4.78, 5) is 80.5. The molecule has 1 aromatic carbocycles. The van der Waals surface area contributed by atoms with Crippen molar-refractivity contribution >= 4 is 47.3 Å². The lowest BCUT2D eigenvalue weighted by molar-refractivity contribution is -0.156. The van der Waals surface area contributed by atoms with Gasteiger partial charge in [0.1, 0.15) is 22.5 Å². The Morgan fingerprint density at radius 1 is 1.08 bits per heavy atom. The van der Waals surface area contributed by atoms with Gasteiger partial charge in [0, 0.05) is 37.6 Å². The van der Waals surface area contributed by atoms with E-state index < -0.39 is 24.1 Å². The second-order valence-corrected chi connectivity index (χ2v) is 15.7. The molecular formula is C43H73N7O9S. The maximum absolute atomic E-state index is 13.9. The number of benzene rings is 1. The van der Waals surface area contributed by atoms with Gasteiger partial charge < -0.3 is 30.1 Å². The SMILES string of the molecule is CCC.CCCC(=O)OCN(CC[C@@H](OC(C)=O)c1nc(C=O)cs1)C(=O)C(NC(=O)C1CCCCN1C)C(C)CC.CNCCC(C)C(=O)NN.Cc1ccc(O)cc1. The Morgan fingerprint density at radius 2 is 1.73 bits per heavy atom.